The highest BCUT2D eigenvalue weighted by Crippen LogP contribution is 2.38. The van der Waals surface area contributed by atoms with Gasteiger partial charge in [-0.05, 0) is 73.8 Å². The second-order valence-corrected chi connectivity index (χ2v) is 11.5. The van der Waals surface area contributed by atoms with Crippen LogP contribution in [-0.2, 0) is 6.18 Å². The quantitative estimate of drug-likeness (QED) is 0.138. The normalized spacial score (nSPS) is 17.0. The van der Waals surface area contributed by atoms with Crippen LogP contribution in [-0.4, -0.2) is 58.5 Å². The minimum absolute atomic E-state index is 0.0150. The Bertz CT molecular complexity index is 1390. The van der Waals surface area contributed by atoms with Crippen molar-refractivity contribution in [3.05, 3.63) is 94.0 Å². The molecule has 0 spiro atoms. The Morgan fingerprint density at radius 3 is 2.14 bits per heavy atom. The predicted molar refractivity (Wildman–Crippen MR) is 162 cm³/mol. The Morgan fingerprint density at radius 1 is 0.884 bits per heavy atom. The number of nitro groups is 1. The van der Waals surface area contributed by atoms with E-state index in [1.54, 1.807) is 0 Å². The van der Waals surface area contributed by atoms with E-state index in [-0.39, 0.29) is 11.9 Å². The van der Waals surface area contributed by atoms with Gasteiger partial charge in [-0.2, -0.15) is 13.2 Å². The molecule has 0 atom stereocenters. The fourth-order valence-electron chi connectivity index (χ4n) is 5.72. The fraction of sp³-hybridized carbons (Fsp3) is 0.406. The second-order valence-electron chi connectivity index (χ2n) is 11.0. The van der Waals surface area contributed by atoms with E-state index in [1.165, 1.54) is 11.6 Å². The Morgan fingerprint density at radius 2 is 1.51 bits per heavy atom. The first-order valence-corrected chi connectivity index (χ1v) is 14.9. The van der Waals surface area contributed by atoms with Gasteiger partial charge in [-0.3, -0.25) is 10.1 Å². The van der Waals surface area contributed by atoms with Crippen LogP contribution < -0.4 is 9.47 Å². The maximum atomic E-state index is 13.3. The lowest BCUT2D eigenvalue weighted by Crippen LogP contribution is -2.42. The Balaban J connectivity index is 1.02. The number of halogens is 3. The summed E-state index contributed by atoms with van der Waals surface area (Å²) in [5.74, 6) is 2.16. The van der Waals surface area contributed by atoms with Crippen molar-refractivity contribution in [2.45, 2.75) is 50.3 Å². The molecule has 43 heavy (non-hydrogen) atoms. The van der Waals surface area contributed by atoms with Crippen LogP contribution in [0.1, 0.15) is 49.1 Å². The number of hydrogen-bond donors (Lipinski definition) is 0. The minimum atomic E-state index is -4.84. The lowest BCUT2D eigenvalue weighted by Gasteiger charge is -2.36. The van der Waals surface area contributed by atoms with Crippen molar-refractivity contribution in [1.29, 1.82) is 0 Å². The number of benzene rings is 3. The third-order valence-electron chi connectivity index (χ3n) is 8.13. The molecule has 228 valence electrons. The highest BCUT2D eigenvalue weighted by Gasteiger charge is 2.39. The lowest BCUT2D eigenvalue weighted by molar-refractivity contribution is -0.388. The molecule has 0 N–H and O–H groups in total. The number of alkyl halides is 3. The van der Waals surface area contributed by atoms with E-state index in [0.29, 0.717) is 37.9 Å². The van der Waals surface area contributed by atoms with Crippen molar-refractivity contribution in [1.82, 2.24) is 9.80 Å². The number of hydrogen-bond acceptors (Lipinski definition) is 6. The predicted octanol–water partition coefficient (Wildman–Crippen LogP) is 7.85. The average molecular weight is 614 g/mol. The molecule has 0 amide bonds. The summed E-state index contributed by atoms with van der Waals surface area (Å²) in [5.41, 5.74) is -0.944. The van der Waals surface area contributed by atoms with E-state index in [0.717, 1.165) is 61.5 Å². The molecule has 2 aliphatic rings. The van der Waals surface area contributed by atoms with E-state index >= 15 is 0 Å². The van der Waals surface area contributed by atoms with E-state index in [4.69, 9.17) is 21.7 Å². The molecule has 3 aromatic carbocycles. The topological polar surface area (TPSA) is 68.1 Å². The van der Waals surface area contributed by atoms with E-state index in [2.05, 4.69) is 21.9 Å². The van der Waals surface area contributed by atoms with Crippen LogP contribution in [0.3, 0.4) is 0 Å². The standard InChI is InChI=1S/C32H34F3N3O4S/c33-32(34,35)29-22-28(10-11-30(29)38(39)40)42-27-14-20-37(21-15-27)31(43)16-19-36-17-12-24(13-18-36)23-6-8-26(9-7-23)41-25-4-2-1-3-5-25/h1-11,22,24,27H,12-21H2. The molecule has 5 rings (SSSR count). The first kappa shape index (κ1) is 30.7. The molecule has 2 heterocycles. The highest BCUT2D eigenvalue weighted by molar-refractivity contribution is 7.80. The first-order valence-electron chi connectivity index (χ1n) is 14.5. The zero-order valence-electron chi connectivity index (χ0n) is 23.7. The molecule has 7 nitrogen and oxygen atoms in total. The Kier molecular flexibility index (Phi) is 9.82. The molecule has 0 saturated carbocycles. The zero-order valence-corrected chi connectivity index (χ0v) is 24.5. The van der Waals surface area contributed by atoms with Gasteiger partial charge in [-0.1, -0.05) is 42.5 Å². The van der Waals surface area contributed by atoms with Crippen LogP contribution in [0, 0.1) is 10.1 Å². The maximum absolute atomic E-state index is 13.3. The van der Waals surface area contributed by atoms with Crippen LogP contribution in [0.4, 0.5) is 18.9 Å². The maximum Gasteiger partial charge on any atom is 0.423 e. The minimum Gasteiger partial charge on any atom is -0.490 e. The average Bonchev–Trinajstić information content (AvgIpc) is 3.01. The van der Waals surface area contributed by atoms with Crippen molar-refractivity contribution in [2.75, 3.05) is 32.7 Å². The van der Waals surface area contributed by atoms with E-state index in [9.17, 15) is 23.3 Å². The third-order valence-corrected chi connectivity index (χ3v) is 8.59. The van der Waals surface area contributed by atoms with Crippen LogP contribution in [0.5, 0.6) is 17.2 Å². The summed E-state index contributed by atoms with van der Waals surface area (Å²) in [4.78, 5) is 15.5. The van der Waals surface area contributed by atoms with E-state index in [1.807, 2.05) is 42.5 Å². The molecule has 2 saturated heterocycles. The van der Waals surface area contributed by atoms with Gasteiger partial charge < -0.3 is 19.3 Å². The molecular weight excluding hydrogens is 579 g/mol. The summed E-state index contributed by atoms with van der Waals surface area (Å²) in [6.45, 7) is 4.25. The van der Waals surface area contributed by atoms with Gasteiger partial charge in [0.25, 0.3) is 5.69 Å². The van der Waals surface area contributed by atoms with Gasteiger partial charge in [-0.25, -0.2) is 0 Å². The van der Waals surface area contributed by atoms with Crippen molar-refractivity contribution < 1.29 is 27.6 Å². The second kappa shape index (κ2) is 13.7. The Labute approximate surface area is 254 Å². The molecule has 11 heteroatoms. The molecule has 0 aromatic heterocycles. The number of likely N-dealkylation sites (tertiary alicyclic amines) is 2. The molecule has 2 aliphatic heterocycles. The first-order chi connectivity index (χ1) is 20.7. The summed E-state index contributed by atoms with van der Waals surface area (Å²) >= 11 is 5.72. The largest absolute Gasteiger partial charge is 0.490 e. The number of rotatable bonds is 9. The van der Waals surface area contributed by atoms with Crippen LogP contribution in [0.15, 0.2) is 72.8 Å². The summed E-state index contributed by atoms with van der Waals surface area (Å²) in [5, 5.41) is 11.0. The molecule has 3 aromatic rings. The summed E-state index contributed by atoms with van der Waals surface area (Å²) < 4.78 is 51.6. The molecule has 0 unspecified atom stereocenters. The number of para-hydroxylation sites is 1. The van der Waals surface area contributed by atoms with Crippen molar-refractivity contribution in [3.8, 4) is 17.2 Å². The van der Waals surface area contributed by atoms with Crippen LogP contribution >= 0.6 is 12.2 Å². The van der Waals surface area contributed by atoms with Gasteiger partial charge in [0.05, 0.1) is 9.91 Å². The van der Waals surface area contributed by atoms with Gasteiger partial charge in [0, 0.05) is 45.0 Å². The van der Waals surface area contributed by atoms with E-state index < -0.39 is 22.4 Å². The molecule has 0 aliphatic carbocycles. The van der Waals surface area contributed by atoms with Crippen LogP contribution in [0.2, 0.25) is 0 Å². The smallest absolute Gasteiger partial charge is 0.423 e. The zero-order chi connectivity index (χ0) is 30.4. The number of thiocarbonyl (C=S) groups is 1. The van der Waals surface area contributed by atoms with Crippen molar-refractivity contribution >= 4 is 22.9 Å². The van der Waals surface area contributed by atoms with Gasteiger partial charge in [-0.15, -0.1) is 0 Å². The van der Waals surface area contributed by atoms with Gasteiger partial charge in [0.2, 0.25) is 0 Å². The summed E-state index contributed by atoms with van der Waals surface area (Å²) in [6.07, 6.45) is -0.928. The molecular formula is C32H34F3N3O4S. The van der Waals surface area contributed by atoms with Gasteiger partial charge >= 0.3 is 6.18 Å². The number of nitro benzene ring substituents is 1. The number of piperidine rings is 2. The monoisotopic (exact) mass is 613 g/mol. The lowest BCUT2D eigenvalue weighted by atomic mass is 9.89. The summed E-state index contributed by atoms with van der Waals surface area (Å²) in [6, 6.07) is 20.9. The third kappa shape index (κ3) is 8.23. The van der Waals surface area contributed by atoms with Crippen molar-refractivity contribution in [2.24, 2.45) is 0 Å². The molecule has 0 radical (unpaired) electrons. The van der Waals surface area contributed by atoms with Crippen LogP contribution in [0.25, 0.3) is 0 Å². The van der Waals surface area contributed by atoms with Gasteiger partial charge in [0.15, 0.2) is 0 Å². The number of ether oxygens (including phenoxy) is 2. The fourth-order valence-corrected chi connectivity index (χ4v) is 6.00. The van der Waals surface area contributed by atoms with Gasteiger partial charge in [0.1, 0.15) is 28.9 Å². The highest BCUT2D eigenvalue weighted by atomic mass is 32.1. The Hall–Kier alpha value is -3.70. The van der Waals surface area contributed by atoms with Crippen molar-refractivity contribution in [3.63, 3.8) is 0 Å². The SMILES string of the molecule is O=[N+]([O-])c1ccc(OC2CCN(C(=S)CCN3CCC(c4ccc(Oc5ccccc5)cc4)CC3)CC2)cc1C(F)(F)F. The molecule has 2 fully saturated rings. The number of nitrogens with zero attached hydrogens (tertiary/aromatic N) is 3. The summed E-state index contributed by atoms with van der Waals surface area (Å²) in [7, 11) is 0. The molecule has 0 bridgehead atoms.